The molecule has 0 spiro atoms. The number of carbonyl (C=O) groups is 4. The van der Waals surface area contributed by atoms with E-state index in [1.54, 1.807) is 0 Å². The fourth-order valence-electron chi connectivity index (χ4n) is 10.2. The second-order valence-electron chi connectivity index (χ2n) is 19.8. The Hall–Kier alpha value is -8.52. The van der Waals surface area contributed by atoms with Gasteiger partial charge in [0.2, 0.25) is 23.1 Å². The van der Waals surface area contributed by atoms with Crippen molar-refractivity contribution in [3.8, 4) is 23.0 Å². The Bertz CT molecular complexity index is 4780. The van der Waals surface area contributed by atoms with Crippen LogP contribution < -0.4 is 31.2 Å². The summed E-state index contributed by atoms with van der Waals surface area (Å²) >= 11 is 48.0. The lowest BCUT2D eigenvalue weighted by Gasteiger charge is -2.22. The lowest BCUT2D eigenvalue weighted by molar-refractivity contribution is -0.115. The number of fused-ring (bicyclic) bond motifs is 11. The molecule has 0 fully saturated rings. The quantitative estimate of drug-likeness (QED) is 0.131. The normalized spacial score (nSPS) is 14.1. The van der Waals surface area contributed by atoms with Crippen LogP contribution >= 0.6 is 92.8 Å². The average molecular weight is 1300 g/mol. The monoisotopic (exact) mass is 1300 g/mol. The van der Waals surface area contributed by atoms with E-state index < -0.39 is 43.3 Å². The zero-order chi connectivity index (χ0) is 60.8. The largest absolute Gasteiger partial charge is 0.451 e. The third-order valence-electron chi connectivity index (χ3n) is 14.5. The highest BCUT2D eigenvalue weighted by Gasteiger charge is 2.35. The van der Waals surface area contributed by atoms with Gasteiger partial charge in [0.05, 0.1) is 5.03 Å². The molecule has 0 saturated carbocycles. The predicted molar refractivity (Wildman–Crippen MR) is 353 cm³/mol. The van der Waals surface area contributed by atoms with E-state index in [-0.39, 0.29) is 27.8 Å². The fourth-order valence-corrected chi connectivity index (χ4v) is 12.1. The Kier molecular flexibility index (Phi) is 16.7. The molecular formula is C69H38Cl8N4O6. The van der Waals surface area contributed by atoms with Crippen LogP contribution in [0.15, 0.2) is 252 Å². The lowest BCUT2D eigenvalue weighted by Crippen LogP contribution is -2.25. The van der Waals surface area contributed by atoms with Gasteiger partial charge in [0.1, 0.15) is 63.0 Å². The topological polar surface area (TPSA) is 150 Å². The number of nitrogens with one attached hydrogen (secondary N) is 1. The third-order valence-corrected chi connectivity index (χ3v) is 17.6. The van der Waals surface area contributed by atoms with E-state index >= 15 is 0 Å². The van der Waals surface area contributed by atoms with Gasteiger partial charge in [-0.3, -0.25) is 19.2 Å². The van der Waals surface area contributed by atoms with Crippen molar-refractivity contribution in [2.45, 2.75) is 6.42 Å². The first kappa shape index (κ1) is 58.8. The molecular weight excluding hydrogens is 1260 g/mol. The van der Waals surface area contributed by atoms with Gasteiger partial charge in [-0.25, -0.2) is 9.98 Å². The Labute approximate surface area is 535 Å². The SMILES string of the molecule is Clc1c2c(c(Cl)c3c1=Nc1c(ccc4ccccc14)O3)=Nc1c(ccc3ccccc13)O2.Nc1cccc2ccccc12.O=C1C(Cl)=C(Cl)C(=O)C(Cl)=C1Cl.O=C1C(Cl)=C(Nc2cccc3ccccc23)C(=O)C(Cl)=C1Cc1cccc2ccccc12. The molecule has 0 saturated heterocycles. The average Bonchev–Trinajstić information content (AvgIpc) is 0.823. The van der Waals surface area contributed by atoms with Gasteiger partial charge in [0.25, 0.3) is 0 Å². The van der Waals surface area contributed by atoms with Crippen molar-refractivity contribution in [1.82, 2.24) is 0 Å². The van der Waals surface area contributed by atoms with Gasteiger partial charge in [0.15, 0.2) is 23.0 Å². The zero-order valence-electron chi connectivity index (χ0n) is 44.7. The minimum Gasteiger partial charge on any atom is -0.451 e. The van der Waals surface area contributed by atoms with Crippen molar-refractivity contribution in [1.29, 1.82) is 0 Å². The first-order chi connectivity index (χ1) is 42.1. The zero-order valence-corrected chi connectivity index (χ0v) is 50.8. The molecule has 18 heteroatoms. The van der Waals surface area contributed by atoms with Crippen LogP contribution in [0.3, 0.4) is 0 Å². The number of halogens is 8. The summed E-state index contributed by atoms with van der Waals surface area (Å²) in [5.41, 5.74) is 9.84. The number of nitrogens with zero attached hydrogens (tertiary/aromatic N) is 2. The van der Waals surface area contributed by atoms with Crippen LogP contribution in [0.4, 0.5) is 22.7 Å². The van der Waals surface area contributed by atoms with Crippen LogP contribution in [0.25, 0.3) is 53.9 Å². The molecule has 11 aromatic rings. The maximum atomic E-state index is 13.2. The number of allylic oxidation sites excluding steroid dienone is 7. The van der Waals surface area contributed by atoms with Gasteiger partial charge in [-0.05, 0) is 62.1 Å². The smallest absolute Gasteiger partial charge is 0.222 e. The molecule has 0 unspecified atom stereocenters. The van der Waals surface area contributed by atoms with Crippen molar-refractivity contribution < 1.29 is 28.7 Å². The maximum Gasteiger partial charge on any atom is 0.222 e. The Morgan fingerprint density at radius 1 is 0.368 bits per heavy atom. The second-order valence-corrected chi connectivity index (χ2v) is 22.8. The Morgan fingerprint density at radius 2 is 0.759 bits per heavy atom. The molecule has 10 nitrogen and oxygen atoms in total. The number of carbonyl (C=O) groups excluding carboxylic acids is 4. The third kappa shape index (κ3) is 11.2. The van der Waals surface area contributed by atoms with Gasteiger partial charge >= 0.3 is 0 Å². The van der Waals surface area contributed by atoms with Crippen molar-refractivity contribution >= 4 is 193 Å². The number of rotatable bonds is 4. The summed E-state index contributed by atoms with van der Waals surface area (Å²) in [5.74, 6) is -0.371. The molecule has 15 rings (SSSR count). The van der Waals surface area contributed by atoms with E-state index in [1.165, 1.54) is 5.39 Å². The van der Waals surface area contributed by atoms with E-state index in [1.807, 2.05) is 188 Å². The van der Waals surface area contributed by atoms with E-state index in [4.69, 9.17) is 118 Å². The summed E-state index contributed by atoms with van der Waals surface area (Å²) in [4.78, 5) is 58.0. The van der Waals surface area contributed by atoms with E-state index in [0.717, 1.165) is 59.7 Å². The molecule has 2 aliphatic heterocycles. The highest BCUT2D eigenvalue weighted by Crippen LogP contribution is 2.47. The first-order valence-electron chi connectivity index (χ1n) is 26.5. The van der Waals surface area contributed by atoms with Crippen LogP contribution in [0.1, 0.15) is 5.56 Å². The lowest BCUT2D eigenvalue weighted by atomic mass is 9.92. The number of nitrogens with two attached hydrogens (primary N) is 1. The van der Waals surface area contributed by atoms with E-state index in [0.29, 0.717) is 60.8 Å². The van der Waals surface area contributed by atoms with Crippen LogP contribution in [-0.4, -0.2) is 23.1 Å². The summed E-state index contributed by atoms with van der Waals surface area (Å²) in [6, 6.07) is 65.0. The van der Waals surface area contributed by atoms with E-state index in [9.17, 15) is 19.2 Å². The summed E-state index contributed by atoms with van der Waals surface area (Å²) in [6.45, 7) is 0. The molecule has 426 valence electrons. The Morgan fingerprint density at radius 3 is 1.25 bits per heavy atom. The number of ketones is 4. The highest BCUT2D eigenvalue weighted by atomic mass is 35.5. The van der Waals surface area contributed by atoms with Crippen molar-refractivity contribution in [2.75, 3.05) is 11.1 Å². The van der Waals surface area contributed by atoms with Crippen molar-refractivity contribution in [2.24, 2.45) is 9.98 Å². The number of hydrogen-bond donors (Lipinski definition) is 2. The van der Waals surface area contributed by atoms with E-state index in [2.05, 4.69) is 17.4 Å². The number of hydrogen-bond acceptors (Lipinski definition) is 10. The molecule has 2 heterocycles. The molecule has 4 aliphatic rings. The second kappa shape index (κ2) is 24.7. The molecule has 3 N–H and O–H groups in total. The molecule has 2 aliphatic carbocycles. The van der Waals surface area contributed by atoms with Crippen LogP contribution in [0.5, 0.6) is 23.0 Å². The number of anilines is 2. The number of benzene rings is 11. The predicted octanol–water partition coefficient (Wildman–Crippen LogP) is 19.1. The first-order valence-corrected chi connectivity index (χ1v) is 29.5. The summed E-state index contributed by atoms with van der Waals surface area (Å²) < 4.78 is 12.4. The molecule has 0 aromatic heterocycles. The maximum absolute atomic E-state index is 13.2. The van der Waals surface area contributed by atoms with Gasteiger partial charge in [-0.1, -0.05) is 269 Å². The Balaban J connectivity index is 0.000000125. The molecule has 87 heavy (non-hydrogen) atoms. The number of nitrogen functional groups attached to an aromatic ring is 1. The summed E-state index contributed by atoms with van der Waals surface area (Å²) in [5, 5.41) is 13.1. The summed E-state index contributed by atoms with van der Waals surface area (Å²) in [6.07, 6.45) is 0.225. The number of Topliss-reactive ketones (excluding diaryl/α,β-unsaturated/α-hetero) is 4. The van der Waals surface area contributed by atoms with Crippen LogP contribution in [-0.2, 0) is 25.6 Å². The van der Waals surface area contributed by atoms with Gasteiger partial charge in [-0.2, -0.15) is 0 Å². The van der Waals surface area contributed by atoms with Gasteiger partial charge < -0.3 is 20.5 Å². The van der Waals surface area contributed by atoms with Crippen LogP contribution in [0, 0.1) is 0 Å². The molecule has 0 atom stereocenters. The van der Waals surface area contributed by atoms with Gasteiger partial charge in [-0.15, -0.1) is 0 Å². The standard InChI is InChI=1S/C27H17Cl2NO2.C26H12Cl2N2O2.C10H9N.C6Cl4O2/c28-23-21(15-18-11-5-9-16-7-1-3-12-19(16)18)26(31)24(29)25(27(23)32)30-22-14-6-10-17-8-2-4-13-20(17)22;27-19-23-25(31-17-11-9-13-5-1-3-7-15(13)21(17)29-23)20(28)24-26(19)32-18-12-10-14-6-2-4-8-16(14)22(18)30-24;11-10-7-3-5-8-4-1-2-6-9(8)10;7-1-2(8)6(12)4(10)3(9)5(1)11/h1-14,30H,15H2;1-12H;1-7H,11H2;. The van der Waals surface area contributed by atoms with Crippen molar-refractivity contribution in [3.05, 3.63) is 268 Å². The highest BCUT2D eigenvalue weighted by molar-refractivity contribution is 6.69. The molecule has 0 amide bonds. The van der Waals surface area contributed by atoms with Crippen LogP contribution in [0.2, 0.25) is 10.0 Å². The minimum atomic E-state index is -0.729. The minimum absolute atomic E-state index is 0.000288. The van der Waals surface area contributed by atoms with Gasteiger partial charge in [0, 0.05) is 44.9 Å². The van der Waals surface area contributed by atoms with Crippen molar-refractivity contribution in [3.63, 3.8) is 0 Å². The molecule has 11 aromatic carbocycles. The molecule has 0 radical (unpaired) electrons. The summed E-state index contributed by atoms with van der Waals surface area (Å²) in [7, 11) is 0. The number of ether oxygens (including phenoxy) is 2. The fraction of sp³-hybridized carbons (Fsp3) is 0.0145. The molecule has 0 bridgehead atoms.